The van der Waals surface area contributed by atoms with Crippen LogP contribution < -0.4 is 0 Å². The molecule has 1 aromatic heterocycles. The molecule has 0 saturated heterocycles. The van der Waals surface area contributed by atoms with Crippen molar-refractivity contribution >= 4 is 5.71 Å². The maximum absolute atomic E-state index is 10.4. The lowest BCUT2D eigenvalue weighted by molar-refractivity contribution is -0.448. The third-order valence-electron chi connectivity index (χ3n) is 2.30. The standard InChI is InChI=1S/C6H4N4O6.C4H4N2/c7-8-2-1-3(9(13)14)6(12)4(5(2)11)10(15)16;1-2-4-6-5-3-1/h1,5,11-12H;1-4H. The first-order valence-electron chi connectivity index (χ1n) is 5.45. The predicted octanol–water partition coefficient (Wildman–Crippen LogP) is -0.285. The molecule has 0 amide bonds. The van der Waals surface area contributed by atoms with Crippen LogP contribution in [0.25, 0.3) is 5.53 Å². The van der Waals surface area contributed by atoms with Gasteiger partial charge in [-0.3, -0.25) is 20.2 Å². The Morgan fingerprint density at radius 3 is 2.05 bits per heavy atom. The van der Waals surface area contributed by atoms with Crippen LogP contribution in [0.3, 0.4) is 0 Å². The van der Waals surface area contributed by atoms with E-state index >= 15 is 0 Å². The number of hydrogen-bond donors (Lipinski definition) is 2. The highest BCUT2D eigenvalue weighted by molar-refractivity contribution is 5.98. The van der Waals surface area contributed by atoms with Gasteiger partial charge in [0.05, 0.1) is 9.85 Å². The smallest absolute Gasteiger partial charge is 0.338 e. The highest BCUT2D eigenvalue weighted by Gasteiger charge is 2.46. The van der Waals surface area contributed by atoms with Gasteiger partial charge in [-0.25, -0.2) is 0 Å². The molecule has 114 valence electrons. The molecule has 0 fully saturated rings. The predicted molar refractivity (Wildman–Crippen MR) is 68.4 cm³/mol. The normalized spacial score (nSPS) is 16.9. The lowest BCUT2D eigenvalue weighted by atomic mass is 10.0. The molecule has 0 aromatic carbocycles. The molecule has 2 N–H and O–H groups in total. The molecule has 0 spiro atoms. The van der Waals surface area contributed by atoms with E-state index in [0.29, 0.717) is 6.08 Å². The summed E-state index contributed by atoms with van der Waals surface area (Å²) >= 11 is 0. The maximum atomic E-state index is 10.4. The Labute approximate surface area is 121 Å². The van der Waals surface area contributed by atoms with Gasteiger partial charge in [0, 0.05) is 12.4 Å². The van der Waals surface area contributed by atoms with Gasteiger partial charge in [-0.05, 0) is 12.1 Å². The molecule has 1 aliphatic rings. The Morgan fingerprint density at radius 1 is 1.18 bits per heavy atom. The fourth-order valence-corrected chi connectivity index (χ4v) is 1.35. The van der Waals surface area contributed by atoms with Gasteiger partial charge in [0.15, 0.2) is 0 Å². The van der Waals surface area contributed by atoms with Crippen LogP contribution in [0.5, 0.6) is 0 Å². The molecule has 1 aromatic rings. The van der Waals surface area contributed by atoms with Crippen molar-refractivity contribution in [2.75, 3.05) is 0 Å². The van der Waals surface area contributed by atoms with Gasteiger partial charge in [0.2, 0.25) is 0 Å². The average molecular weight is 308 g/mol. The summed E-state index contributed by atoms with van der Waals surface area (Å²) in [5.74, 6) is -1.27. The molecule has 12 nitrogen and oxygen atoms in total. The largest absolute Gasteiger partial charge is 0.497 e. The number of hydrogen-bond acceptors (Lipinski definition) is 8. The molecular formula is C10H8N6O6. The van der Waals surface area contributed by atoms with E-state index in [-0.39, 0.29) is 0 Å². The van der Waals surface area contributed by atoms with Gasteiger partial charge in [0.25, 0.3) is 11.9 Å². The van der Waals surface area contributed by atoms with Crippen LogP contribution in [0, 0.1) is 20.2 Å². The quantitative estimate of drug-likeness (QED) is 0.322. The Kier molecular flexibility index (Phi) is 5.51. The molecule has 1 aliphatic carbocycles. The monoisotopic (exact) mass is 308 g/mol. The van der Waals surface area contributed by atoms with Crippen molar-refractivity contribution in [2.24, 2.45) is 0 Å². The minimum atomic E-state index is -2.02. The van der Waals surface area contributed by atoms with E-state index in [0.717, 1.165) is 0 Å². The summed E-state index contributed by atoms with van der Waals surface area (Å²) in [7, 11) is 0. The second kappa shape index (κ2) is 7.33. The summed E-state index contributed by atoms with van der Waals surface area (Å²) in [4.78, 5) is 21.0. The molecule has 0 saturated carbocycles. The fourth-order valence-electron chi connectivity index (χ4n) is 1.35. The van der Waals surface area contributed by atoms with Crippen molar-refractivity contribution in [2.45, 2.75) is 6.10 Å². The van der Waals surface area contributed by atoms with Crippen molar-refractivity contribution in [1.29, 1.82) is 0 Å². The van der Waals surface area contributed by atoms with Crippen molar-refractivity contribution < 1.29 is 24.8 Å². The van der Waals surface area contributed by atoms with E-state index in [1.165, 1.54) is 0 Å². The van der Waals surface area contributed by atoms with Gasteiger partial charge in [0.1, 0.15) is 6.08 Å². The minimum Gasteiger partial charge on any atom is -0.497 e. The lowest BCUT2D eigenvalue weighted by Gasteiger charge is -2.07. The molecule has 0 radical (unpaired) electrons. The summed E-state index contributed by atoms with van der Waals surface area (Å²) in [5.41, 5.74) is 5.45. The number of aromatic nitrogens is 2. The fraction of sp³-hybridized carbons (Fsp3) is 0.100. The van der Waals surface area contributed by atoms with Crippen LogP contribution in [0.15, 0.2) is 47.8 Å². The number of nitrogens with zero attached hydrogens (tertiary/aromatic N) is 6. The molecule has 0 aliphatic heterocycles. The molecule has 0 bridgehead atoms. The van der Waals surface area contributed by atoms with Gasteiger partial charge >= 0.3 is 17.1 Å². The lowest BCUT2D eigenvalue weighted by Crippen LogP contribution is -2.32. The summed E-state index contributed by atoms with van der Waals surface area (Å²) in [6.45, 7) is 0. The molecule has 12 heteroatoms. The van der Waals surface area contributed by atoms with Crippen LogP contribution in [0.4, 0.5) is 0 Å². The van der Waals surface area contributed by atoms with Gasteiger partial charge in [-0.2, -0.15) is 15.0 Å². The first-order chi connectivity index (χ1) is 10.4. The van der Waals surface area contributed by atoms with Gasteiger partial charge in [-0.1, -0.05) is 0 Å². The minimum absolute atomic E-state index is 0.535. The van der Waals surface area contributed by atoms with E-state index in [4.69, 9.17) is 5.53 Å². The molecule has 1 heterocycles. The Morgan fingerprint density at radius 2 is 1.73 bits per heavy atom. The second-order valence-electron chi connectivity index (χ2n) is 3.62. The zero-order valence-corrected chi connectivity index (χ0v) is 10.7. The second-order valence-corrected chi connectivity index (χ2v) is 3.62. The SMILES string of the molecule is [N-]=[N+]=C1C=C([N+](=O)[O-])C(O)=C([N+](=O)[O-])C1O.c1ccnnc1. The molecule has 2 rings (SSSR count). The zero-order valence-electron chi connectivity index (χ0n) is 10.7. The molecule has 1 unspecified atom stereocenters. The van der Waals surface area contributed by atoms with E-state index < -0.39 is 38.8 Å². The van der Waals surface area contributed by atoms with Crippen molar-refractivity contribution in [3.8, 4) is 0 Å². The summed E-state index contributed by atoms with van der Waals surface area (Å²) in [6, 6.07) is 3.65. The number of rotatable bonds is 2. The topological polar surface area (TPSA) is 189 Å². The summed E-state index contributed by atoms with van der Waals surface area (Å²) in [6.07, 6.45) is 1.79. The van der Waals surface area contributed by atoms with E-state index in [1.54, 1.807) is 12.4 Å². The van der Waals surface area contributed by atoms with Crippen molar-refractivity contribution in [3.05, 3.63) is 73.5 Å². The first kappa shape index (κ1) is 16.6. The van der Waals surface area contributed by atoms with E-state index in [2.05, 4.69) is 15.0 Å². The van der Waals surface area contributed by atoms with Crippen molar-refractivity contribution in [1.82, 2.24) is 10.2 Å². The third kappa shape index (κ3) is 3.75. The molecule has 1 atom stereocenters. The summed E-state index contributed by atoms with van der Waals surface area (Å²) in [5, 5.41) is 46.4. The third-order valence-corrected chi connectivity index (χ3v) is 2.30. The molecular weight excluding hydrogens is 300 g/mol. The molecule has 22 heavy (non-hydrogen) atoms. The maximum Gasteiger partial charge on any atom is 0.338 e. The van der Waals surface area contributed by atoms with Crippen LogP contribution in [-0.4, -0.2) is 46.9 Å². The first-order valence-corrected chi connectivity index (χ1v) is 5.45. The van der Waals surface area contributed by atoms with Crippen LogP contribution in [0.2, 0.25) is 0 Å². The van der Waals surface area contributed by atoms with E-state index in [1.807, 2.05) is 12.1 Å². The average Bonchev–Trinajstić information content (AvgIpc) is 2.49. The Hall–Kier alpha value is -3.50. The number of nitro groups is 2. The summed E-state index contributed by atoms with van der Waals surface area (Å²) < 4.78 is 0. The Balaban J connectivity index is 0.000000335. The van der Waals surface area contributed by atoms with Crippen LogP contribution in [-0.2, 0) is 0 Å². The zero-order chi connectivity index (χ0) is 16.7. The number of aliphatic hydroxyl groups is 2. The Bertz CT molecular complexity index is 666. The van der Waals surface area contributed by atoms with Crippen LogP contribution in [0.1, 0.15) is 0 Å². The van der Waals surface area contributed by atoms with Crippen molar-refractivity contribution in [3.63, 3.8) is 0 Å². The van der Waals surface area contributed by atoms with Gasteiger partial charge in [-0.15, -0.1) is 0 Å². The van der Waals surface area contributed by atoms with Gasteiger partial charge < -0.3 is 15.7 Å². The number of aliphatic hydroxyl groups excluding tert-OH is 2. The highest BCUT2D eigenvalue weighted by atomic mass is 16.6. The van der Waals surface area contributed by atoms with Crippen LogP contribution >= 0.6 is 0 Å². The van der Waals surface area contributed by atoms with E-state index in [9.17, 15) is 30.4 Å². The highest BCUT2D eigenvalue weighted by Crippen LogP contribution is 2.22.